The molecule has 2 aliphatic rings. The molecule has 0 saturated carbocycles. The van der Waals surface area contributed by atoms with Crippen molar-refractivity contribution in [1.82, 2.24) is 19.8 Å². The molecule has 0 bridgehead atoms. The molecule has 0 aliphatic carbocycles. The molecule has 2 saturated heterocycles. The van der Waals surface area contributed by atoms with Gasteiger partial charge in [0.05, 0.1) is 5.69 Å². The highest BCUT2D eigenvalue weighted by Gasteiger charge is 2.27. The van der Waals surface area contributed by atoms with Crippen LogP contribution < -0.4 is 0 Å². The van der Waals surface area contributed by atoms with Crippen molar-refractivity contribution < 1.29 is 8.78 Å². The van der Waals surface area contributed by atoms with E-state index in [1.165, 1.54) is 38.4 Å². The van der Waals surface area contributed by atoms with Gasteiger partial charge in [-0.1, -0.05) is 70.2 Å². The van der Waals surface area contributed by atoms with Crippen LogP contribution in [0.4, 0.5) is 8.78 Å². The Morgan fingerprint density at radius 2 is 1.33 bits per heavy atom. The first-order chi connectivity index (χ1) is 18.9. The van der Waals surface area contributed by atoms with Crippen LogP contribution >= 0.6 is 0 Å². The highest BCUT2D eigenvalue weighted by molar-refractivity contribution is 5.88. The molecular weight excluding hydrogens is 490 g/mol. The number of aryl methyl sites for hydroxylation is 1. The Labute approximate surface area is 232 Å². The maximum absolute atomic E-state index is 12.9. The van der Waals surface area contributed by atoms with Gasteiger partial charge in [0.2, 0.25) is 0 Å². The van der Waals surface area contributed by atoms with Crippen LogP contribution in [-0.2, 0) is 13.1 Å². The lowest BCUT2D eigenvalue weighted by Crippen LogP contribution is -2.47. The average Bonchev–Trinajstić information content (AvgIpc) is 2.93. The summed E-state index contributed by atoms with van der Waals surface area (Å²) in [6.45, 7) is 14.3. The van der Waals surface area contributed by atoms with Crippen molar-refractivity contribution in [2.45, 2.75) is 72.4 Å². The molecule has 208 valence electrons. The van der Waals surface area contributed by atoms with Crippen molar-refractivity contribution in [3.05, 3.63) is 83.4 Å². The molecule has 4 heterocycles. The number of pyridine rings is 2. The second kappa shape index (κ2) is 13.4. The molecule has 0 amide bonds. The first kappa shape index (κ1) is 29.0. The van der Waals surface area contributed by atoms with E-state index < -0.39 is 12.3 Å². The molecule has 0 spiro atoms. The number of hydrogen-bond donors (Lipinski definition) is 0. The number of rotatable bonds is 6. The third-order valence-corrected chi connectivity index (χ3v) is 7.70. The molecule has 0 radical (unpaired) electrons. The van der Waals surface area contributed by atoms with Gasteiger partial charge in [0, 0.05) is 68.1 Å². The van der Waals surface area contributed by atoms with Crippen molar-refractivity contribution >= 4 is 21.5 Å². The van der Waals surface area contributed by atoms with E-state index in [1.807, 2.05) is 39.2 Å². The van der Waals surface area contributed by atoms with Crippen LogP contribution in [0.15, 0.2) is 60.9 Å². The molecule has 2 aromatic carbocycles. The number of benzene rings is 2. The van der Waals surface area contributed by atoms with Gasteiger partial charge < -0.3 is 0 Å². The monoisotopic (exact) mass is 532 g/mol. The predicted molar refractivity (Wildman–Crippen MR) is 159 cm³/mol. The zero-order valence-corrected chi connectivity index (χ0v) is 24.0. The zero-order valence-electron chi connectivity index (χ0n) is 24.0. The van der Waals surface area contributed by atoms with E-state index in [1.54, 1.807) is 0 Å². The van der Waals surface area contributed by atoms with Gasteiger partial charge in [-0.3, -0.25) is 19.8 Å². The van der Waals surface area contributed by atoms with Gasteiger partial charge >= 0.3 is 0 Å². The fraction of sp³-hybridized carbons (Fsp3) is 0.455. The molecule has 4 aromatic rings. The smallest absolute Gasteiger partial charge is 0.125 e. The number of likely N-dealkylation sites (tertiary alicyclic amines) is 2. The number of aromatic nitrogens is 2. The number of hydrogen-bond acceptors (Lipinski definition) is 4. The average molecular weight is 533 g/mol. The predicted octanol–water partition coefficient (Wildman–Crippen LogP) is 7.63. The van der Waals surface area contributed by atoms with Crippen LogP contribution in [0.1, 0.15) is 62.5 Å². The van der Waals surface area contributed by atoms with Crippen molar-refractivity contribution in [3.63, 3.8) is 0 Å². The Bertz CT molecular complexity index is 1360. The van der Waals surface area contributed by atoms with Crippen molar-refractivity contribution in [2.75, 3.05) is 26.2 Å². The molecule has 2 aliphatic heterocycles. The van der Waals surface area contributed by atoms with Crippen LogP contribution in [-0.4, -0.2) is 58.3 Å². The van der Waals surface area contributed by atoms with E-state index in [2.05, 4.69) is 76.1 Å². The lowest BCUT2D eigenvalue weighted by atomic mass is 9.96. The molecule has 4 nitrogen and oxygen atoms in total. The van der Waals surface area contributed by atoms with E-state index in [0.29, 0.717) is 32.1 Å². The van der Waals surface area contributed by atoms with Crippen LogP contribution in [0.3, 0.4) is 0 Å². The summed E-state index contributed by atoms with van der Waals surface area (Å²) in [5, 5.41) is 4.95. The molecule has 2 aromatic heterocycles. The summed E-state index contributed by atoms with van der Waals surface area (Å²) in [6, 6.07) is 16.8. The fourth-order valence-electron chi connectivity index (χ4n) is 5.30. The summed E-state index contributed by atoms with van der Waals surface area (Å²) < 4.78 is 25.7. The van der Waals surface area contributed by atoms with Gasteiger partial charge in [-0.2, -0.15) is 0 Å². The number of nitrogens with zero attached hydrogens (tertiary/aromatic N) is 4. The second-order valence-corrected chi connectivity index (χ2v) is 10.5. The number of halogens is 2. The van der Waals surface area contributed by atoms with Gasteiger partial charge in [0.25, 0.3) is 0 Å². The highest BCUT2D eigenvalue weighted by Crippen LogP contribution is 2.29. The van der Waals surface area contributed by atoms with Crippen LogP contribution in [0.25, 0.3) is 21.5 Å². The first-order valence-corrected chi connectivity index (χ1v) is 14.4. The Morgan fingerprint density at radius 3 is 1.95 bits per heavy atom. The zero-order chi connectivity index (χ0) is 27.9. The normalized spacial score (nSPS) is 17.0. The standard InChI is InChI=1S/C17H21FN2.C14H15FN2.C2H6/c1-3-12(2)17-16-7-5-4-6-15(16)13(8-19-17)9-20-10-14(18)11-20;1-10-13-4-2-3-11(14(13)5-6-16-10)7-17-8-12(15)9-17;1-2/h4-8,12,14H,3,9-11H2,1-2H3;2-6,12H,7-9H2,1H3;1-2H3. The summed E-state index contributed by atoms with van der Waals surface area (Å²) in [5.41, 5.74) is 4.70. The molecule has 1 unspecified atom stereocenters. The SMILES string of the molecule is CC.CCC(C)c1ncc(CN2CC(F)C2)c2ccccc12.Cc1nccc2c(CN3CC(F)C3)cccc12. The Hall–Kier alpha value is -2.96. The van der Waals surface area contributed by atoms with Gasteiger partial charge in [-0.05, 0) is 47.2 Å². The Balaban J connectivity index is 0.000000172. The minimum atomic E-state index is -0.645. The van der Waals surface area contributed by atoms with Crippen LogP contribution in [0.2, 0.25) is 0 Å². The van der Waals surface area contributed by atoms with Crippen LogP contribution in [0.5, 0.6) is 0 Å². The Morgan fingerprint density at radius 1 is 0.769 bits per heavy atom. The highest BCUT2D eigenvalue weighted by atomic mass is 19.1. The summed E-state index contributed by atoms with van der Waals surface area (Å²) in [4.78, 5) is 13.3. The van der Waals surface area contributed by atoms with Gasteiger partial charge in [0.1, 0.15) is 12.3 Å². The first-order valence-electron chi connectivity index (χ1n) is 14.4. The van der Waals surface area contributed by atoms with Gasteiger partial charge in [-0.15, -0.1) is 0 Å². The Kier molecular flexibility index (Phi) is 9.98. The molecular formula is C33H42F2N4. The summed E-state index contributed by atoms with van der Waals surface area (Å²) in [7, 11) is 0. The van der Waals surface area contributed by atoms with Crippen molar-refractivity contribution in [1.29, 1.82) is 0 Å². The maximum atomic E-state index is 12.9. The van der Waals surface area contributed by atoms with E-state index in [-0.39, 0.29) is 0 Å². The maximum Gasteiger partial charge on any atom is 0.125 e. The lowest BCUT2D eigenvalue weighted by molar-refractivity contribution is 0.0593. The molecule has 1 atom stereocenters. The fourth-order valence-corrected chi connectivity index (χ4v) is 5.30. The molecule has 0 N–H and O–H groups in total. The molecule has 6 heteroatoms. The molecule has 6 rings (SSSR count). The molecule has 39 heavy (non-hydrogen) atoms. The largest absolute Gasteiger partial charge is 0.293 e. The van der Waals surface area contributed by atoms with Crippen molar-refractivity contribution in [2.24, 2.45) is 0 Å². The third kappa shape index (κ3) is 6.79. The summed E-state index contributed by atoms with van der Waals surface area (Å²) in [5.74, 6) is 0.466. The topological polar surface area (TPSA) is 32.3 Å². The number of fused-ring (bicyclic) bond motifs is 2. The second-order valence-electron chi connectivity index (χ2n) is 10.5. The molecule has 2 fully saturated rings. The van der Waals surface area contributed by atoms with Crippen molar-refractivity contribution in [3.8, 4) is 0 Å². The van der Waals surface area contributed by atoms with Gasteiger partial charge in [0.15, 0.2) is 0 Å². The minimum absolute atomic E-state index is 0.466. The van der Waals surface area contributed by atoms with Gasteiger partial charge in [-0.25, -0.2) is 8.78 Å². The summed E-state index contributed by atoms with van der Waals surface area (Å²) in [6.07, 6.45) is 3.64. The van der Waals surface area contributed by atoms with Crippen LogP contribution in [0, 0.1) is 6.92 Å². The summed E-state index contributed by atoms with van der Waals surface area (Å²) >= 11 is 0. The van der Waals surface area contributed by atoms with E-state index >= 15 is 0 Å². The minimum Gasteiger partial charge on any atom is -0.293 e. The third-order valence-electron chi connectivity index (χ3n) is 7.70. The van der Waals surface area contributed by atoms with E-state index in [0.717, 1.165) is 25.2 Å². The number of alkyl halides is 2. The van der Waals surface area contributed by atoms with E-state index in [4.69, 9.17) is 0 Å². The lowest BCUT2D eigenvalue weighted by Gasteiger charge is -2.34. The quantitative estimate of drug-likeness (QED) is 0.256. The van der Waals surface area contributed by atoms with E-state index in [9.17, 15) is 8.78 Å².